The minimum Gasteiger partial charge on any atom is -0.0879 e. The van der Waals surface area contributed by atoms with Crippen molar-refractivity contribution in [3.8, 4) is 0 Å². The maximum Gasteiger partial charge on any atom is 0.0271 e. The van der Waals surface area contributed by atoms with E-state index < -0.39 is 0 Å². The molecule has 2 heteroatoms. The first-order chi connectivity index (χ1) is 3.91. The highest BCUT2D eigenvalue weighted by Gasteiger charge is 1.85. The van der Waals surface area contributed by atoms with Crippen molar-refractivity contribution in [3.05, 3.63) is 10.7 Å². The van der Waals surface area contributed by atoms with Gasteiger partial charge in [0.2, 0.25) is 0 Å². The standard InChI is InChI=1S/C6H10Br2/c7-5-3-1-2-4-6-8/h5-6H,1-4H2. The predicted octanol–water partition coefficient (Wildman–Crippen LogP) is 3.66. The van der Waals surface area contributed by atoms with Crippen LogP contribution >= 0.6 is 31.9 Å². The summed E-state index contributed by atoms with van der Waals surface area (Å²) in [7, 11) is 0. The van der Waals surface area contributed by atoms with Gasteiger partial charge in [0, 0.05) is 10.7 Å². The van der Waals surface area contributed by atoms with Crippen LogP contribution in [0.4, 0.5) is 0 Å². The second kappa shape index (κ2) is 7.96. The molecule has 0 bridgehead atoms. The van der Waals surface area contributed by atoms with Crippen molar-refractivity contribution in [1.82, 2.24) is 0 Å². The molecule has 0 nitrogen and oxygen atoms in total. The highest BCUT2D eigenvalue weighted by Crippen LogP contribution is 2.08. The van der Waals surface area contributed by atoms with Crippen LogP contribution in [0, 0.1) is 10.7 Å². The molecule has 0 fully saturated rings. The molecule has 0 heterocycles. The van der Waals surface area contributed by atoms with E-state index in [-0.39, 0.29) is 0 Å². The summed E-state index contributed by atoms with van der Waals surface area (Å²) in [5.41, 5.74) is 0. The molecule has 0 aliphatic carbocycles. The average Bonchev–Trinajstić information content (AvgIpc) is 1.81. The molecule has 2 radical (unpaired) electrons. The van der Waals surface area contributed by atoms with Crippen LogP contribution in [0.3, 0.4) is 0 Å². The van der Waals surface area contributed by atoms with Gasteiger partial charge >= 0.3 is 0 Å². The van der Waals surface area contributed by atoms with Crippen molar-refractivity contribution in [2.75, 3.05) is 0 Å². The number of hydrogen-bond donors (Lipinski definition) is 0. The van der Waals surface area contributed by atoms with Gasteiger partial charge in [0.15, 0.2) is 0 Å². The number of rotatable bonds is 5. The largest absolute Gasteiger partial charge is 0.0879 e. The van der Waals surface area contributed by atoms with Gasteiger partial charge in [-0.25, -0.2) is 0 Å². The number of hydrogen-bond acceptors (Lipinski definition) is 0. The third-order valence-corrected chi connectivity index (χ3v) is 1.79. The number of halogens is 2. The quantitative estimate of drug-likeness (QED) is 0.645. The zero-order valence-corrected chi connectivity index (χ0v) is 7.91. The Bertz CT molecular complexity index is 31.5. The molecule has 0 aromatic heterocycles. The van der Waals surface area contributed by atoms with Gasteiger partial charge in [-0.15, -0.1) is 0 Å². The smallest absolute Gasteiger partial charge is 0.0271 e. The van der Waals surface area contributed by atoms with E-state index in [9.17, 15) is 0 Å². The van der Waals surface area contributed by atoms with Gasteiger partial charge < -0.3 is 0 Å². The Morgan fingerprint density at radius 3 is 1.50 bits per heavy atom. The molecule has 0 N–H and O–H groups in total. The van der Waals surface area contributed by atoms with Gasteiger partial charge in [-0.3, -0.25) is 0 Å². The minimum absolute atomic E-state index is 1.18. The van der Waals surface area contributed by atoms with E-state index in [0.717, 1.165) is 0 Å². The molecule has 0 aromatic rings. The SMILES string of the molecule is Br[CH]CCCC[CH]Br. The first kappa shape index (κ1) is 8.96. The molecule has 0 aliphatic heterocycles. The van der Waals surface area contributed by atoms with Crippen molar-refractivity contribution >= 4 is 31.9 Å². The zero-order chi connectivity index (χ0) is 6.24. The Morgan fingerprint density at radius 1 is 0.875 bits per heavy atom. The van der Waals surface area contributed by atoms with Crippen molar-refractivity contribution < 1.29 is 0 Å². The lowest BCUT2D eigenvalue weighted by atomic mass is 10.2. The molecule has 0 saturated carbocycles. The zero-order valence-electron chi connectivity index (χ0n) is 4.74. The van der Waals surface area contributed by atoms with Gasteiger partial charge in [-0.2, -0.15) is 0 Å². The fourth-order valence-corrected chi connectivity index (χ4v) is 1.09. The van der Waals surface area contributed by atoms with Crippen molar-refractivity contribution in [2.45, 2.75) is 25.7 Å². The lowest BCUT2D eigenvalue weighted by Crippen LogP contribution is -1.72. The summed E-state index contributed by atoms with van der Waals surface area (Å²) < 4.78 is 0. The summed E-state index contributed by atoms with van der Waals surface area (Å²) in [5.74, 6) is 0. The van der Waals surface area contributed by atoms with Crippen molar-refractivity contribution in [3.63, 3.8) is 0 Å². The van der Waals surface area contributed by atoms with Crippen LogP contribution in [0.1, 0.15) is 25.7 Å². The maximum absolute atomic E-state index is 3.25. The van der Waals surface area contributed by atoms with Crippen LogP contribution in [-0.4, -0.2) is 0 Å². The van der Waals surface area contributed by atoms with Gasteiger partial charge in [-0.05, 0) is 12.8 Å². The van der Waals surface area contributed by atoms with E-state index >= 15 is 0 Å². The van der Waals surface area contributed by atoms with Gasteiger partial charge in [-0.1, -0.05) is 44.7 Å². The van der Waals surface area contributed by atoms with E-state index in [1.807, 2.05) is 10.7 Å². The molecule has 48 valence electrons. The number of unbranched alkanes of at least 4 members (excludes halogenated alkanes) is 3. The molecular formula is C6H10Br2. The minimum atomic E-state index is 1.18. The van der Waals surface area contributed by atoms with Crippen LogP contribution in [0.5, 0.6) is 0 Å². The highest BCUT2D eigenvalue weighted by molar-refractivity contribution is 9.10. The van der Waals surface area contributed by atoms with E-state index in [0.29, 0.717) is 0 Å². The van der Waals surface area contributed by atoms with E-state index in [2.05, 4.69) is 31.9 Å². The third-order valence-electron chi connectivity index (χ3n) is 0.876. The molecular weight excluding hydrogens is 232 g/mol. The first-order valence-electron chi connectivity index (χ1n) is 2.75. The Kier molecular flexibility index (Phi) is 8.92. The second-order valence-electron chi connectivity index (χ2n) is 1.59. The fourth-order valence-electron chi connectivity index (χ4n) is 0.443. The molecule has 0 unspecified atom stereocenters. The average molecular weight is 242 g/mol. The fraction of sp³-hybridized carbons (Fsp3) is 0.667. The molecule has 0 saturated heterocycles. The highest BCUT2D eigenvalue weighted by atomic mass is 79.9. The molecule has 0 amide bonds. The molecule has 0 aromatic carbocycles. The maximum atomic E-state index is 3.25. The Labute approximate surface area is 68.3 Å². The van der Waals surface area contributed by atoms with Crippen LogP contribution < -0.4 is 0 Å². The van der Waals surface area contributed by atoms with Crippen LogP contribution in [0.15, 0.2) is 0 Å². The summed E-state index contributed by atoms with van der Waals surface area (Å²) in [6.45, 7) is 0. The van der Waals surface area contributed by atoms with Crippen LogP contribution in [0.25, 0.3) is 0 Å². The molecule has 0 aliphatic rings. The molecule has 0 rings (SSSR count). The summed E-state index contributed by atoms with van der Waals surface area (Å²) >= 11 is 6.51. The lowest BCUT2D eigenvalue weighted by Gasteiger charge is -1.91. The van der Waals surface area contributed by atoms with Crippen LogP contribution in [-0.2, 0) is 0 Å². The molecule has 8 heavy (non-hydrogen) atoms. The molecule has 0 atom stereocenters. The van der Waals surface area contributed by atoms with E-state index in [1.54, 1.807) is 0 Å². The van der Waals surface area contributed by atoms with Crippen LogP contribution in [0.2, 0.25) is 0 Å². The normalized spacial score (nSPS) is 9.75. The second-order valence-corrected chi connectivity index (χ2v) is 2.89. The van der Waals surface area contributed by atoms with E-state index in [4.69, 9.17) is 0 Å². The van der Waals surface area contributed by atoms with Gasteiger partial charge in [0.1, 0.15) is 0 Å². The van der Waals surface area contributed by atoms with Crippen molar-refractivity contribution in [2.24, 2.45) is 0 Å². The summed E-state index contributed by atoms with van der Waals surface area (Å²) in [5, 5.41) is 4.06. The summed E-state index contributed by atoms with van der Waals surface area (Å²) in [6, 6.07) is 0. The summed E-state index contributed by atoms with van der Waals surface area (Å²) in [4.78, 5) is 0. The van der Waals surface area contributed by atoms with E-state index in [1.165, 1.54) is 25.7 Å². The first-order valence-corrected chi connectivity index (χ1v) is 4.58. The predicted molar refractivity (Wildman–Crippen MR) is 44.9 cm³/mol. The third kappa shape index (κ3) is 6.96. The Morgan fingerprint density at radius 2 is 1.25 bits per heavy atom. The van der Waals surface area contributed by atoms with Gasteiger partial charge in [0.05, 0.1) is 0 Å². The Balaban J connectivity index is 2.53. The van der Waals surface area contributed by atoms with Crippen molar-refractivity contribution in [1.29, 1.82) is 0 Å². The monoisotopic (exact) mass is 240 g/mol. The topological polar surface area (TPSA) is 0 Å². The Hall–Kier alpha value is 0.960. The van der Waals surface area contributed by atoms with Gasteiger partial charge in [0.25, 0.3) is 0 Å². The molecule has 0 spiro atoms. The summed E-state index contributed by atoms with van der Waals surface area (Å²) in [6.07, 6.45) is 4.93. The lowest BCUT2D eigenvalue weighted by molar-refractivity contribution is 0.752.